The van der Waals surface area contributed by atoms with Gasteiger partial charge in [-0.15, -0.1) is 0 Å². The first-order chi connectivity index (χ1) is 18.5. The Bertz CT molecular complexity index is 1470. The van der Waals surface area contributed by atoms with Gasteiger partial charge in [-0.05, 0) is 35.6 Å². The largest absolute Gasteiger partial charge is 0.378 e. The predicted molar refractivity (Wildman–Crippen MR) is 149 cm³/mol. The van der Waals surface area contributed by atoms with Crippen molar-refractivity contribution in [1.82, 2.24) is 14.8 Å². The highest BCUT2D eigenvalue weighted by Gasteiger charge is 2.46. The number of benzene rings is 3. The number of ether oxygens (including phenoxy) is 1. The summed E-state index contributed by atoms with van der Waals surface area (Å²) in [4.78, 5) is 35.7. The SMILES string of the molecule is CC(C)CC(C(=O)N1CCOCC1)N1C(=O)c2ccccc2C1c1c(-c2ccccc2)[nH]c2ccccc12. The van der Waals surface area contributed by atoms with Gasteiger partial charge in [0.15, 0.2) is 0 Å². The first kappa shape index (κ1) is 24.4. The molecule has 2 atom stereocenters. The molecule has 6 heteroatoms. The highest BCUT2D eigenvalue weighted by atomic mass is 16.5. The van der Waals surface area contributed by atoms with Crippen LogP contribution in [-0.4, -0.2) is 58.9 Å². The summed E-state index contributed by atoms with van der Waals surface area (Å²) in [5.41, 5.74) is 5.70. The van der Waals surface area contributed by atoms with E-state index in [1.54, 1.807) is 0 Å². The fourth-order valence-corrected chi connectivity index (χ4v) is 6.01. The van der Waals surface area contributed by atoms with Crippen molar-refractivity contribution in [3.63, 3.8) is 0 Å². The van der Waals surface area contributed by atoms with E-state index in [0.29, 0.717) is 38.3 Å². The molecule has 2 aliphatic rings. The molecule has 1 saturated heterocycles. The van der Waals surface area contributed by atoms with Gasteiger partial charge in [0, 0.05) is 35.1 Å². The summed E-state index contributed by atoms with van der Waals surface area (Å²) in [5, 5.41) is 1.06. The Hall–Kier alpha value is -3.90. The number of nitrogens with one attached hydrogen (secondary N) is 1. The Labute approximate surface area is 223 Å². The molecule has 1 N–H and O–H groups in total. The van der Waals surface area contributed by atoms with Crippen molar-refractivity contribution in [3.05, 3.63) is 95.6 Å². The molecule has 4 aromatic rings. The van der Waals surface area contributed by atoms with E-state index in [2.05, 4.69) is 43.1 Å². The van der Waals surface area contributed by atoms with Crippen molar-refractivity contribution >= 4 is 22.7 Å². The van der Waals surface area contributed by atoms with Crippen LogP contribution in [0.3, 0.4) is 0 Å². The van der Waals surface area contributed by atoms with Gasteiger partial charge in [0.2, 0.25) is 5.91 Å². The molecule has 38 heavy (non-hydrogen) atoms. The molecule has 0 aliphatic carbocycles. The monoisotopic (exact) mass is 507 g/mol. The number of amides is 2. The smallest absolute Gasteiger partial charge is 0.255 e. The Kier molecular flexibility index (Phi) is 6.50. The molecule has 6 rings (SSSR count). The first-order valence-corrected chi connectivity index (χ1v) is 13.5. The molecule has 6 nitrogen and oxygen atoms in total. The zero-order valence-corrected chi connectivity index (χ0v) is 21.9. The van der Waals surface area contributed by atoms with E-state index in [9.17, 15) is 9.59 Å². The van der Waals surface area contributed by atoms with Gasteiger partial charge in [-0.25, -0.2) is 0 Å². The molecule has 2 aliphatic heterocycles. The third kappa shape index (κ3) is 4.19. The van der Waals surface area contributed by atoms with Crippen molar-refractivity contribution in [1.29, 1.82) is 0 Å². The van der Waals surface area contributed by atoms with Crippen LogP contribution in [-0.2, 0) is 9.53 Å². The van der Waals surface area contributed by atoms with E-state index >= 15 is 0 Å². The molecule has 1 fully saturated rings. The molecule has 2 amide bonds. The van der Waals surface area contributed by atoms with Crippen molar-refractivity contribution < 1.29 is 14.3 Å². The number of fused-ring (bicyclic) bond motifs is 2. The third-order valence-electron chi connectivity index (χ3n) is 7.72. The van der Waals surface area contributed by atoms with Crippen molar-refractivity contribution in [3.8, 4) is 11.3 Å². The van der Waals surface area contributed by atoms with Crippen LogP contribution >= 0.6 is 0 Å². The number of morpholine rings is 1. The molecule has 0 bridgehead atoms. The predicted octanol–water partition coefficient (Wildman–Crippen LogP) is 5.65. The molecule has 0 radical (unpaired) electrons. The van der Waals surface area contributed by atoms with Crippen LogP contribution in [0.25, 0.3) is 22.2 Å². The van der Waals surface area contributed by atoms with Crippen molar-refractivity contribution in [2.24, 2.45) is 5.92 Å². The number of aromatic nitrogens is 1. The molecular formula is C32H33N3O3. The zero-order chi connectivity index (χ0) is 26.2. The summed E-state index contributed by atoms with van der Waals surface area (Å²) in [5.74, 6) is 0.162. The molecule has 2 unspecified atom stereocenters. The second-order valence-corrected chi connectivity index (χ2v) is 10.6. The fourth-order valence-electron chi connectivity index (χ4n) is 6.01. The van der Waals surface area contributed by atoms with Crippen LogP contribution in [0.2, 0.25) is 0 Å². The van der Waals surface area contributed by atoms with Gasteiger partial charge in [0.1, 0.15) is 6.04 Å². The van der Waals surface area contributed by atoms with E-state index in [1.165, 1.54) is 0 Å². The minimum absolute atomic E-state index is 0.00857. The lowest BCUT2D eigenvalue weighted by molar-refractivity contribution is -0.141. The maximum Gasteiger partial charge on any atom is 0.255 e. The first-order valence-electron chi connectivity index (χ1n) is 13.5. The Morgan fingerprint density at radius 1 is 0.947 bits per heavy atom. The number of hydrogen-bond acceptors (Lipinski definition) is 3. The molecule has 0 saturated carbocycles. The molecule has 0 spiro atoms. The van der Waals surface area contributed by atoms with Gasteiger partial charge < -0.3 is 19.5 Å². The number of rotatable bonds is 6. The minimum atomic E-state index is -0.574. The second-order valence-electron chi connectivity index (χ2n) is 10.6. The minimum Gasteiger partial charge on any atom is -0.378 e. The van der Waals surface area contributed by atoms with Crippen LogP contribution in [0.4, 0.5) is 0 Å². The highest BCUT2D eigenvalue weighted by Crippen LogP contribution is 2.47. The topological polar surface area (TPSA) is 65.6 Å². The lowest BCUT2D eigenvalue weighted by atomic mass is 9.91. The molecule has 194 valence electrons. The van der Waals surface area contributed by atoms with E-state index in [-0.39, 0.29) is 17.7 Å². The van der Waals surface area contributed by atoms with Gasteiger partial charge in [-0.2, -0.15) is 0 Å². The van der Waals surface area contributed by atoms with Crippen LogP contribution in [0.1, 0.15) is 47.8 Å². The maximum atomic E-state index is 14.2. The number of nitrogens with zero attached hydrogens (tertiary/aromatic N) is 2. The van der Waals surface area contributed by atoms with Crippen molar-refractivity contribution in [2.45, 2.75) is 32.4 Å². The number of carbonyl (C=O) groups excluding carboxylic acids is 2. The zero-order valence-electron chi connectivity index (χ0n) is 21.9. The molecule has 3 heterocycles. The normalized spacial score (nSPS) is 18.3. The maximum absolute atomic E-state index is 14.2. The van der Waals surface area contributed by atoms with Crippen LogP contribution < -0.4 is 0 Å². The van der Waals surface area contributed by atoms with Crippen LogP contribution in [0, 0.1) is 5.92 Å². The summed E-state index contributed by atoms with van der Waals surface area (Å²) < 4.78 is 5.52. The Morgan fingerprint density at radius 2 is 1.63 bits per heavy atom. The number of aromatic amines is 1. The number of para-hydroxylation sites is 1. The third-order valence-corrected chi connectivity index (χ3v) is 7.72. The summed E-state index contributed by atoms with van der Waals surface area (Å²) in [6.45, 7) is 6.38. The summed E-state index contributed by atoms with van der Waals surface area (Å²) in [6, 6.07) is 25.3. The number of hydrogen-bond donors (Lipinski definition) is 1. The van der Waals surface area contributed by atoms with Gasteiger partial charge in [-0.1, -0.05) is 80.6 Å². The van der Waals surface area contributed by atoms with Gasteiger partial charge >= 0.3 is 0 Å². The summed E-state index contributed by atoms with van der Waals surface area (Å²) >= 11 is 0. The van der Waals surface area contributed by atoms with Gasteiger partial charge in [0.25, 0.3) is 5.91 Å². The summed E-state index contributed by atoms with van der Waals surface area (Å²) in [6.07, 6.45) is 0.593. The lowest BCUT2D eigenvalue weighted by Gasteiger charge is -2.38. The van der Waals surface area contributed by atoms with E-state index in [1.807, 2.05) is 64.4 Å². The molecule has 1 aromatic heterocycles. The standard InChI is InChI=1S/C32H33N3O3/c1-21(2)20-27(32(37)34-16-18-38-19-17-34)35-30(23-12-6-7-13-24(23)31(35)36)28-25-14-8-9-15-26(25)33-29(28)22-10-4-3-5-11-22/h3-15,21,27,30,33H,16-20H2,1-2H3. The fraction of sp³-hybridized carbons (Fsp3) is 0.312. The van der Waals surface area contributed by atoms with E-state index in [4.69, 9.17) is 4.74 Å². The molecular weight excluding hydrogens is 474 g/mol. The van der Waals surface area contributed by atoms with Crippen LogP contribution in [0.15, 0.2) is 78.9 Å². The Morgan fingerprint density at radius 3 is 2.39 bits per heavy atom. The average molecular weight is 508 g/mol. The number of carbonyl (C=O) groups is 2. The number of H-pyrrole nitrogens is 1. The second kappa shape index (κ2) is 10.1. The van der Waals surface area contributed by atoms with E-state index in [0.717, 1.165) is 33.3 Å². The van der Waals surface area contributed by atoms with E-state index < -0.39 is 12.1 Å². The lowest BCUT2D eigenvalue weighted by Crippen LogP contribution is -2.53. The van der Waals surface area contributed by atoms with Crippen molar-refractivity contribution in [2.75, 3.05) is 26.3 Å². The van der Waals surface area contributed by atoms with Gasteiger partial charge in [0.05, 0.1) is 24.9 Å². The van der Waals surface area contributed by atoms with Gasteiger partial charge in [-0.3, -0.25) is 9.59 Å². The average Bonchev–Trinajstić information content (AvgIpc) is 3.47. The molecule has 3 aromatic carbocycles. The quantitative estimate of drug-likeness (QED) is 0.367. The highest BCUT2D eigenvalue weighted by molar-refractivity contribution is 6.04. The Balaban J connectivity index is 1.57. The van der Waals surface area contributed by atoms with Crippen LogP contribution in [0.5, 0.6) is 0 Å². The summed E-state index contributed by atoms with van der Waals surface area (Å²) in [7, 11) is 0.